The molecule has 31 heavy (non-hydrogen) atoms. The van der Waals surface area contributed by atoms with E-state index in [0.29, 0.717) is 11.3 Å². The Morgan fingerprint density at radius 1 is 1.26 bits per heavy atom. The quantitative estimate of drug-likeness (QED) is 0.549. The number of methoxy groups -OCH3 is 1. The number of ether oxygens (including phenoxy) is 2. The van der Waals surface area contributed by atoms with Crippen molar-refractivity contribution in [1.82, 2.24) is 20.1 Å². The van der Waals surface area contributed by atoms with E-state index in [9.17, 15) is 9.18 Å². The first-order chi connectivity index (χ1) is 14.7. The van der Waals surface area contributed by atoms with E-state index in [-0.39, 0.29) is 35.2 Å². The van der Waals surface area contributed by atoms with Gasteiger partial charge in [0.15, 0.2) is 17.3 Å². The molecule has 0 aliphatic carbocycles. The predicted molar refractivity (Wildman–Crippen MR) is 114 cm³/mol. The van der Waals surface area contributed by atoms with Crippen molar-refractivity contribution >= 4 is 17.5 Å². The number of nitrogens with one attached hydrogen (secondary N) is 1. The number of carbonyl (C=O) groups excluding carboxylic acids is 1. The number of carbonyl (C=O) groups is 1. The summed E-state index contributed by atoms with van der Waals surface area (Å²) in [7, 11) is 1.38. The Bertz CT molecular complexity index is 1070. The highest BCUT2D eigenvalue weighted by Gasteiger charge is 2.24. The van der Waals surface area contributed by atoms with E-state index in [1.165, 1.54) is 31.9 Å². The maximum absolute atomic E-state index is 13.9. The Morgan fingerprint density at radius 3 is 2.58 bits per heavy atom. The molecule has 164 valence electrons. The molecule has 3 aromatic rings. The molecule has 0 fully saturated rings. The number of benzene rings is 2. The van der Waals surface area contributed by atoms with Crippen LogP contribution in [0, 0.1) is 5.82 Å². The van der Waals surface area contributed by atoms with Gasteiger partial charge in [0.25, 0.3) is 5.91 Å². The molecule has 3 rings (SSSR count). The molecule has 1 aromatic heterocycles. The molecule has 10 heteroatoms. The maximum atomic E-state index is 13.9. The molecule has 2 aromatic carbocycles. The molecule has 0 saturated carbocycles. The standard InChI is InChI=1S/C21H23ClFN5O3/c1-21(2,24)10-31-19-16(28-11-26-27-12-28)6-5-14(22)18(19)20(29)25-9-13-4-7-17(30-3)15(23)8-13/h4-8,11-12H,9-10,24H2,1-3H3,(H,25,29). The van der Waals surface area contributed by atoms with E-state index in [0.717, 1.165) is 0 Å². The second-order valence-electron chi connectivity index (χ2n) is 7.57. The second-order valence-corrected chi connectivity index (χ2v) is 7.98. The molecule has 0 radical (unpaired) electrons. The lowest BCUT2D eigenvalue weighted by molar-refractivity contribution is 0.0945. The molecule has 0 unspecified atom stereocenters. The predicted octanol–water partition coefficient (Wildman–Crippen LogP) is 3.11. The van der Waals surface area contributed by atoms with Crippen molar-refractivity contribution in [2.45, 2.75) is 25.9 Å². The minimum absolute atomic E-state index is 0.0781. The van der Waals surface area contributed by atoms with Crippen molar-refractivity contribution in [3.8, 4) is 17.2 Å². The molecule has 0 aliphatic rings. The number of nitrogens with two attached hydrogens (primary N) is 1. The summed E-state index contributed by atoms with van der Waals surface area (Å²) in [6.07, 6.45) is 2.96. The van der Waals surface area contributed by atoms with Gasteiger partial charge in [0.2, 0.25) is 0 Å². The molecule has 8 nitrogen and oxygen atoms in total. The third kappa shape index (κ3) is 5.50. The van der Waals surface area contributed by atoms with Crippen LogP contribution < -0.4 is 20.5 Å². The molecule has 1 amide bonds. The Morgan fingerprint density at radius 2 is 1.97 bits per heavy atom. The van der Waals surface area contributed by atoms with E-state index in [1.807, 2.05) is 0 Å². The molecule has 0 atom stereocenters. The molecule has 3 N–H and O–H groups in total. The van der Waals surface area contributed by atoms with Gasteiger partial charge in [0.05, 0.1) is 17.8 Å². The minimum atomic E-state index is -0.652. The third-order valence-electron chi connectivity index (χ3n) is 4.27. The summed E-state index contributed by atoms with van der Waals surface area (Å²) in [4.78, 5) is 13.0. The zero-order valence-electron chi connectivity index (χ0n) is 17.4. The summed E-state index contributed by atoms with van der Waals surface area (Å²) in [6.45, 7) is 3.81. The first-order valence-electron chi connectivity index (χ1n) is 9.39. The summed E-state index contributed by atoms with van der Waals surface area (Å²) >= 11 is 6.37. The van der Waals surface area contributed by atoms with E-state index in [2.05, 4.69) is 15.5 Å². The number of aromatic nitrogens is 3. The first-order valence-corrected chi connectivity index (χ1v) is 9.77. The average molecular weight is 448 g/mol. The zero-order chi connectivity index (χ0) is 22.6. The lowest BCUT2D eigenvalue weighted by atomic mass is 10.1. The Kier molecular flexibility index (Phi) is 6.77. The van der Waals surface area contributed by atoms with Gasteiger partial charge < -0.3 is 20.5 Å². The van der Waals surface area contributed by atoms with Crippen LogP contribution in [0.1, 0.15) is 29.8 Å². The molecule has 0 bridgehead atoms. The van der Waals surface area contributed by atoms with Crippen LogP contribution in [0.2, 0.25) is 5.02 Å². The molecule has 1 heterocycles. The van der Waals surface area contributed by atoms with E-state index in [1.54, 1.807) is 36.6 Å². The molecular formula is C21H23ClFN5O3. The van der Waals surface area contributed by atoms with Crippen LogP contribution in [-0.4, -0.2) is 39.9 Å². The van der Waals surface area contributed by atoms with Crippen LogP contribution in [0.4, 0.5) is 4.39 Å². The monoisotopic (exact) mass is 447 g/mol. The topological polar surface area (TPSA) is 104 Å². The van der Waals surface area contributed by atoms with Gasteiger partial charge >= 0.3 is 0 Å². The maximum Gasteiger partial charge on any atom is 0.256 e. The molecule has 0 spiro atoms. The minimum Gasteiger partial charge on any atom is -0.494 e. The normalized spacial score (nSPS) is 11.3. The van der Waals surface area contributed by atoms with Crippen molar-refractivity contribution in [3.05, 3.63) is 65.0 Å². The molecule has 0 aliphatic heterocycles. The van der Waals surface area contributed by atoms with Gasteiger partial charge in [0.1, 0.15) is 24.8 Å². The van der Waals surface area contributed by atoms with Crippen LogP contribution in [0.3, 0.4) is 0 Å². The van der Waals surface area contributed by atoms with Gasteiger partial charge in [-0.2, -0.15) is 0 Å². The van der Waals surface area contributed by atoms with Crippen molar-refractivity contribution in [2.75, 3.05) is 13.7 Å². The van der Waals surface area contributed by atoms with Gasteiger partial charge in [0, 0.05) is 12.1 Å². The van der Waals surface area contributed by atoms with Crippen LogP contribution in [-0.2, 0) is 6.54 Å². The summed E-state index contributed by atoms with van der Waals surface area (Å²) in [6, 6.07) is 7.72. The Balaban J connectivity index is 1.91. The van der Waals surface area contributed by atoms with Crippen molar-refractivity contribution in [1.29, 1.82) is 0 Å². The highest BCUT2D eigenvalue weighted by atomic mass is 35.5. The number of rotatable bonds is 8. The van der Waals surface area contributed by atoms with Gasteiger partial charge in [-0.15, -0.1) is 10.2 Å². The smallest absolute Gasteiger partial charge is 0.256 e. The highest BCUT2D eigenvalue weighted by molar-refractivity contribution is 6.34. The summed E-state index contributed by atoms with van der Waals surface area (Å²) in [5, 5.41) is 10.5. The largest absolute Gasteiger partial charge is 0.494 e. The van der Waals surface area contributed by atoms with Crippen molar-refractivity contribution < 1.29 is 18.7 Å². The van der Waals surface area contributed by atoms with Gasteiger partial charge in [-0.05, 0) is 43.7 Å². The lowest BCUT2D eigenvalue weighted by Crippen LogP contribution is -2.39. The van der Waals surface area contributed by atoms with Crippen molar-refractivity contribution in [2.24, 2.45) is 5.73 Å². The van der Waals surface area contributed by atoms with E-state index in [4.69, 9.17) is 26.8 Å². The fourth-order valence-corrected chi connectivity index (χ4v) is 3.02. The number of halogens is 2. The van der Waals surface area contributed by atoms with Gasteiger partial charge in [-0.25, -0.2) is 4.39 Å². The second kappa shape index (κ2) is 9.32. The number of hydrogen-bond acceptors (Lipinski definition) is 6. The van der Waals surface area contributed by atoms with Crippen LogP contribution >= 0.6 is 11.6 Å². The summed E-state index contributed by atoms with van der Waals surface area (Å²) in [5.74, 6) is -0.638. The van der Waals surface area contributed by atoms with Crippen LogP contribution in [0.5, 0.6) is 11.5 Å². The van der Waals surface area contributed by atoms with Gasteiger partial charge in [-0.3, -0.25) is 9.36 Å². The average Bonchev–Trinajstić information content (AvgIpc) is 3.24. The highest BCUT2D eigenvalue weighted by Crippen LogP contribution is 2.33. The van der Waals surface area contributed by atoms with Crippen LogP contribution in [0.15, 0.2) is 43.0 Å². The van der Waals surface area contributed by atoms with Crippen molar-refractivity contribution in [3.63, 3.8) is 0 Å². The lowest BCUT2D eigenvalue weighted by Gasteiger charge is -2.23. The zero-order valence-corrected chi connectivity index (χ0v) is 18.1. The number of hydrogen-bond donors (Lipinski definition) is 2. The first kappa shape index (κ1) is 22.5. The molecule has 0 saturated heterocycles. The van der Waals surface area contributed by atoms with Gasteiger partial charge in [-0.1, -0.05) is 17.7 Å². The van der Waals surface area contributed by atoms with Crippen LogP contribution in [0.25, 0.3) is 5.69 Å². The number of amides is 1. The fourth-order valence-electron chi connectivity index (χ4n) is 2.78. The summed E-state index contributed by atoms with van der Waals surface area (Å²) in [5.41, 5.74) is 6.62. The fraction of sp³-hybridized carbons (Fsp3) is 0.286. The Labute approximate surface area is 184 Å². The van der Waals surface area contributed by atoms with E-state index >= 15 is 0 Å². The van der Waals surface area contributed by atoms with E-state index < -0.39 is 17.3 Å². The molecular weight excluding hydrogens is 425 g/mol. The number of nitrogens with zero attached hydrogens (tertiary/aromatic N) is 3. The Hall–Kier alpha value is -3.17. The SMILES string of the molecule is COc1ccc(CNC(=O)c2c(Cl)ccc(-n3cnnc3)c2OCC(C)(C)N)cc1F. The third-order valence-corrected chi connectivity index (χ3v) is 4.58. The summed E-state index contributed by atoms with van der Waals surface area (Å²) < 4.78 is 26.4.